The fourth-order valence-electron chi connectivity index (χ4n) is 9.37. The van der Waals surface area contributed by atoms with Crippen molar-refractivity contribution in [3.8, 4) is 0 Å². The fraction of sp³-hybridized carbons (Fsp3) is 0.931. The molecule has 2 saturated carbocycles. The third-order valence-electron chi connectivity index (χ3n) is 11.4. The van der Waals surface area contributed by atoms with Crippen LogP contribution in [0.4, 0.5) is 0 Å². The van der Waals surface area contributed by atoms with E-state index in [1.807, 2.05) is 0 Å². The number of aliphatic hydroxyl groups is 1. The molecule has 2 nitrogen and oxygen atoms in total. The minimum Gasteiger partial charge on any atom is -0.393 e. The van der Waals surface area contributed by atoms with Gasteiger partial charge in [-0.15, -0.1) is 0 Å². The van der Waals surface area contributed by atoms with Gasteiger partial charge in [-0.05, 0) is 91.3 Å². The Labute approximate surface area is 192 Å². The molecule has 0 heterocycles. The zero-order valence-electron chi connectivity index (χ0n) is 21.7. The SMILES string of the molecule is CC(C)CCC[C@@H](C)[C@H]1CC[C@@]2(N)C3=C(CC[C@]12C)[C@@]1(C)CC[C@H](O)C(C)(C)[C@@H]1CC3. The zero-order valence-corrected chi connectivity index (χ0v) is 21.7. The predicted octanol–water partition coefficient (Wildman–Crippen LogP) is 7.25. The topological polar surface area (TPSA) is 46.2 Å². The molecule has 2 heteroatoms. The number of hydrogen-bond donors (Lipinski definition) is 2. The van der Waals surface area contributed by atoms with Crippen molar-refractivity contribution in [2.24, 2.45) is 45.7 Å². The van der Waals surface area contributed by atoms with Gasteiger partial charge in [0.25, 0.3) is 0 Å². The van der Waals surface area contributed by atoms with Crippen molar-refractivity contribution in [1.29, 1.82) is 0 Å². The van der Waals surface area contributed by atoms with Crippen LogP contribution in [0.25, 0.3) is 0 Å². The normalized spacial score (nSPS) is 45.3. The van der Waals surface area contributed by atoms with E-state index < -0.39 is 0 Å². The summed E-state index contributed by atoms with van der Waals surface area (Å²) in [6.45, 7) is 17.0. The molecule has 4 aliphatic carbocycles. The monoisotopic (exact) mass is 429 g/mol. The molecule has 0 amide bonds. The van der Waals surface area contributed by atoms with Crippen LogP contribution >= 0.6 is 0 Å². The number of allylic oxidation sites excluding steroid dienone is 1. The van der Waals surface area contributed by atoms with Crippen LogP contribution in [0.5, 0.6) is 0 Å². The van der Waals surface area contributed by atoms with Gasteiger partial charge < -0.3 is 10.8 Å². The van der Waals surface area contributed by atoms with Gasteiger partial charge in [-0.2, -0.15) is 0 Å². The van der Waals surface area contributed by atoms with Crippen molar-refractivity contribution >= 4 is 0 Å². The first-order valence-electron chi connectivity index (χ1n) is 13.6. The van der Waals surface area contributed by atoms with Crippen LogP contribution in [0.1, 0.15) is 119 Å². The summed E-state index contributed by atoms with van der Waals surface area (Å²) >= 11 is 0. The minimum absolute atomic E-state index is 0.0111. The minimum atomic E-state index is -0.157. The first-order chi connectivity index (χ1) is 14.4. The lowest BCUT2D eigenvalue weighted by Crippen LogP contribution is -2.61. The summed E-state index contributed by atoms with van der Waals surface area (Å²) < 4.78 is 0. The molecule has 178 valence electrons. The lowest BCUT2D eigenvalue weighted by Gasteiger charge is -2.62. The van der Waals surface area contributed by atoms with E-state index in [9.17, 15) is 5.11 Å². The Morgan fingerprint density at radius 2 is 1.61 bits per heavy atom. The molecule has 0 aromatic carbocycles. The van der Waals surface area contributed by atoms with Crippen molar-refractivity contribution in [1.82, 2.24) is 0 Å². The maximum Gasteiger partial charge on any atom is 0.0594 e. The van der Waals surface area contributed by atoms with Crippen LogP contribution in [0, 0.1) is 39.9 Å². The first-order valence-corrected chi connectivity index (χ1v) is 13.6. The molecule has 0 aromatic rings. The summed E-state index contributed by atoms with van der Waals surface area (Å²) in [4.78, 5) is 0. The van der Waals surface area contributed by atoms with Gasteiger partial charge >= 0.3 is 0 Å². The molecule has 0 radical (unpaired) electrons. The highest BCUT2D eigenvalue weighted by atomic mass is 16.3. The largest absolute Gasteiger partial charge is 0.393 e. The molecule has 0 spiro atoms. The van der Waals surface area contributed by atoms with E-state index in [1.165, 1.54) is 57.8 Å². The Bertz CT molecular complexity index is 722. The van der Waals surface area contributed by atoms with Gasteiger partial charge in [-0.1, -0.05) is 78.9 Å². The summed E-state index contributed by atoms with van der Waals surface area (Å²) in [5.74, 6) is 2.96. The van der Waals surface area contributed by atoms with Crippen molar-refractivity contribution in [3.05, 3.63) is 11.1 Å². The summed E-state index contributed by atoms with van der Waals surface area (Å²) in [6.07, 6.45) is 13.4. The number of fused-ring (bicyclic) bond motifs is 4. The Morgan fingerprint density at radius 3 is 2.29 bits per heavy atom. The Hall–Kier alpha value is -0.340. The first kappa shape index (κ1) is 23.8. The summed E-state index contributed by atoms with van der Waals surface area (Å²) in [7, 11) is 0. The van der Waals surface area contributed by atoms with Gasteiger partial charge in [-0.25, -0.2) is 0 Å². The Morgan fingerprint density at radius 1 is 0.903 bits per heavy atom. The molecule has 0 unspecified atom stereocenters. The predicted molar refractivity (Wildman–Crippen MR) is 132 cm³/mol. The zero-order chi connectivity index (χ0) is 22.8. The lowest BCUT2D eigenvalue weighted by molar-refractivity contribution is -0.0938. The van der Waals surface area contributed by atoms with Crippen molar-refractivity contribution in [2.75, 3.05) is 0 Å². The average molecular weight is 430 g/mol. The molecular weight excluding hydrogens is 378 g/mol. The molecule has 0 aliphatic heterocycles. The molecular formula is C29H51NO. The highest BCUT2D eigenvalue weighted by Gasteiger charge is 2.63. The van der Waals surface area contributed by atoms with E-state index in [0.717, 1.165) is 30.6 Å². The van der Waals surface area contributed by atoms with E-state index >= 15 is 0 Å². The fourth-order valence-corrected chi connectivity index (χ4v) is 9.37. The van der Waals surface area contributed by atoms with Crippen LogP contribution in [0.15, 0.2) is 11.1 Å². The van der Waals surface area contributed by atoms with Crippen LogP contribution in [0.3, 0.4) is 0 Å². The van der Waals surface area contributed by atoms with E-state index in [0.29, 0.717) is 5.92 Å². The number of hydrogen-bond acceptors (Lipinski definition) is 2. The standard InChI is InChI=1S/C29H51NO/c1-19(2)9-8-10-20(3)21-14-18-29(30)23-11-12-24-26(4,5)25(31)15-16-27(24,6)22(23)13-17-28(21,29)7/h19-21,24-25,31H,8-18,30H2,1-7H3/t20-,21-,24+,25+,27-,28-,29-/m1/s1. The van der Waals surface area contributed by atoms with Crippen LogP contribution < -0.4 is 5.73 Å². The second-order valence-electron chi connectivity index (χ2n) is 13.7. The van der Waals surface area contributed by atoms with Gasteiger partial charge in [0.15, 0.2) is 0 Å². The van der Waals surface area contributed by atoms with Gasteiger partial charge in [0, 0.05) is 5.54 Å². The van der Waals surface area contributed by atoms with E-state index in [4.69, 9.17) is 5.73 Å². The second-order valence-corrected chi connectivity index (χ2v) is 13.7. The molecule has 0 saturated heterocycles. The van der Waals surface area contributed by atoms with Crippen LogP contribution in [-0.4, -0.2) is 16.7 Å². The third-order valence-corrected chi connectivity index (χ3v) is 11.4. The molecule has 0 aromatic heterocycles. The third kappa shape index (κ3) is 3.40. The molecule has 7 atom stereocenters. The van der Waals surface area contributed by atoms with Crippen LogP contribution in [-0.2, 0) is 0 Å². The Kier molecular flexibility index (Phi) is 6.04. The maximum absolute atomic E-state index is 10.8. The van der Waals surface area contributed by atoms with Gasteiger partial charge in [0.1, 0.15) is 0 Å². The lowest BCUT2D eigenvalue weighted by atomic mass is 9.44. The summed E-state index contributed by atoms with van der Waals surface area (Å²) in [5.41, 5.74) is 11.4. The smallest absolute Gasteiger partial charge is 0.0594 e. The molecule has 4 aliphatic rings. The van der Waals surface area contributed by atoms with E-state index in [1.54, 1.807) is 11.1 Å². The average Bonchev–Trinajstić information content (AvgIpc) is 2.96. The van der Waals surface area contributed by atoms with Crippen molar-refractivity contribution < 1.29 is 5.11 Å². The maximum atomic E-state index is 10.8. The number of rotatable bonds is 5. The summed E-state index contributed by atoms with van der Waals surface area (Å²) in [5, 5.41) is 10.8. The van der Waals surface area contributed by atoms with Gasteiger partial charge in [0.05, 0.1) is 6.10 Å². The second kappa shape index (κ2) is 7.86. The quantitative estimate of drug-likeness (QED) is 0.452. The molecule has 31 heavy (non-hydrogen) atoms. The van der Waals surface area contributed by atoms with Crippen molar-refractivity contribution in [2.45, 2.75) is 131 Å². The Balaban J connectivity index is 1.63. The highest BCUT2D eigenvalue weighted by Crippen LogP contribution is 2.68. The van der Waals surface area contributed by atoms with Gasteiger partial charge in [-0.3, -0.25) is 0 Å². The van der Waals surface area contributed by atoms with Crippen LogP contribution in [0.2, 0.25) is 0 Å². The van der Waals surface area contributed by atoms with Gasteiger partial charge in [0.2, 0.25) is 0 Å². The highest BCUT2D eigenvalue weighted by molar-refractivity contribution is 5.42. The van der Waals surface area contributed by atoms with E-state index in [-0.39, 0.29) is 27.9 Å². The molecule has 0 bridgehead atoms. The summed E-state index contributed by atoms with van der Waals surface area (Å²) in [6, 6.07) is 0. The number of aliphatic hydroxyl groups excluding tert-OH is 1. The number of nitrogens with two attached hydrogens (primary N) is 1. The van der Waals surface area contributed by atoms with Crippen molar-refractivity contribution in [3.63, 3.8) is 0 Å². The molecule has 3 N–H and O–H groups in total. The molecule has 4 rings (SSSR count). The molecule has 2 fully saturated rings. The van der Waals surface area contributed by atoms with E-state index in [2.05, 4.69) is 48.5 Å².